The summed E-state index contributed by atoms with van der Waals surface area (Å²) in [5.41, 5.74) is 4.79. The van der Waals surface area contributed by atoms with Crippen molar-refractivity contribution in [2.75, 3.05) is 23.8 Å². The Kier molecular flexibility index (Phi) is 7.11. The van der Waals surface area contributed by atoms with Crippen LogP contribution in [0, 0.1) is 0 Å². The minimum absolute atomic E-state index is 0.0377. The molecule has 0 spiro atoms. The van der Waals surface area contributed by atoms with Crippen molar-refractivity contribution in [1.82, 2.24) is 24.6 Å². The van der Waals surface area contributed by atoms with Crippen LogP contribution in [0.25, 0.3) is 16.9 Å². The van der Waals surface area contributed by atoms with Gasteiger partial charge in [-0.15, -0.1) is 0 Å². The molecular weight excluding hydrogens is 418 g/mol. The highest BCUT2D eigenvalue weighted by atomic mass is 16.3. The molecule has 9 nitrogen and oxygen atoms in total. The van der Waals surface area contributed by atoms with Crippen LogP contribution >= 0.6 is 0 Å². The van der Waals surface area contributed by atoms with Gasteiger partial charge in [0.25, 0.3) is 0 Å². The van der Waals surface area contributed by atoms with Crippen molar-refractivity contribution in [3.05, 3.63) is 66.0 Å². The SMILES string of the molecule is CC(C)c1cnn2c(NCc3ccc(-c4ccccn4)cc3)nc(NC(CO)CCO)nc12. The average molecular weight is 448 g/mol. The fourth-order valence-corrected chi connectivity index (χ4v) is 3.54. The maximum absolute atomic E-state index is 9.59. The molecule has 3 aromatic heterocycles. The van der Waals surface area contributed by atoms with E-state index in [1.54, 1.807) is 10.7 Å². The number of benzene rings is 1. The Labute approximate surface area is 192 Å². The molecule has 0 aliphatic heterocycles. The first-order chi connectivity index (χ1) is 16.1. The van der Waals surface area contributed by atoms with Gasteiger partial charge in [-0.25, -0.2) is 0 Å². The lowest BCUT2D eigenvalue weighted by molar-refractivity contribution is 0.228. The summed E-state index contributed by atoms with van der Waals surface area (Å²) in [6.07, 6.45) is 3.99. The van der Waals surface area contributed by atoms with Gasteiger partial charge in [0, 0.05) is 30.5 Å². The van der Waals surface area contributed by atoms with Gasteiger partial charge in [-0.1, -0.05) is 44.2 Å². The lowest BCUT2D eigenvalue weighted by atomic mass is 10.1. The van der Waals surface area contributed by atoms with Crippen LogP contribution in [0.4, 0.5) is 11.9 Å². The van der Waals surface area contributed by atoms with Crippen LogP contribution in [0.15, 0.2) is 54.9 Å². The lowest BCUT2D eigenvalue weighted by Gasteiger charge is -2.16. The number of anilines is 2. The van der Waals surface area contributed by atoms with Gasteiger partial charge in [-0.3, -0.25) is 4.98 Å². The van der Waals surface area contributed by atoms with E-state index in [4.69, 9.17) is 0 Å². The molecule has 1 unspecified atom stereocenters. The number of pyridine rings is 1. The van der Waals surface area contributed by atoms with E-state index in [0.29, 0.717) is 30.5 Å². The van der Waals surface area contributed by atoms with Crippen LogP contribution < -0.4 is 10.6 Å². The van der Waals surface area contributed by atoms with Gasteiger partial charge in [0.2, 0.25) is 11.9 Å². The fourth-order valence-electron chi connectivity index (χ4n) is 3.54. The normalized spacial score (nSPS) is 12.3. The number of rotatable bonds is 10. The molecule has 0 amide bonds. The summed E-state index contributed by atoms with van der Waals surface area (Å²) in [7, 11) is 0. The second-order valence-electron chi connectivity index (χ2n) is 8.16. The van der Waals surface area contributed by atoms with Gasteiger partial charge in [-0.2, -0.15) is 19.6 Å². The molecule has 33 heavy (non-hydrogen) atoms. The van der Waals surface area contributed by atoms with Crippen molar-refractivity contribution in [1.29, 1.82) is 0 Å². The largest absolute Gasteiger partial charge is 0.396 e. The van der Waals surface area contributed by atoms with Crippen molar-refractivity contribution < 1.29 is 10.2 Å². The highest BCUT2D eigenvalue weighted by molar-refractivity contribution is 5.59. The van der Waals surface area contributed by atoms with E-state index in [0.717, 1.165) is 22.4 Å². The van der Waals surface area contributed by atoms with Gasteiger partial charge in [-0.05, 0) is 30.0 Å². The predicted octanol–water partition coefficient (Wildman–Crippen LogP) is 3.08. The van der Waals surface area contributed by atoms with E-state index in [9.17, 15) is 10.2 Å². The van der Waals surface area contributed by atoms with Gasteiger partial charge >= 0.3 is 0 Å². The molecule has 3 heterocycles. The Balaban J connectivity index is 1.58. The monoisotopic (exact) mass is 447 g/mol. The summed E-state index contributed by atoms with van der Waals surface area (Å²) >= 11 is 0. The van der Waals surface area contributed by atoms with Crippen molar-refractivity contribution in [3.63, 3.8) is 0 Å². The third-order valence-corrected chi connectivity index (χ3v) is 5.41. The summed E-state index contributed by atoms with van der Waals surface area (Å²) in [5.74, 6) is 1.16. The molecule has 0 saturated carbocycles. The summed E-state index contributed by atoms with van der Waals surface area (Å²) < 4.78 is 1.70. The van der Waals surface area contributed by atoms with Crippen LogP contribution in [0.5, 0.6) is 0 Å². The zero-order valence-corrected chi connectivity index (χ0v) is 18.8. The minimum atomic E-state index is -0.338. The number of nitrogens with one attached hydrogen (secondary N) is 2. The average Bonchev–Trinajstić information content (AvgIpc) is 3.27. The summed E-state index contributed by atoms with van der Waals surface area (Å²) in [4.78, 5) is 13.6. The number of hydrogen-bond donors (Lipinski definition) is 4. The van der Waals surface area contributed by atoms with E-state index in [1.807, 2.05) is 36.5 Å². The molecule has 4 aromatic rings. The Bertz CT molecular complexity index is 1180. The Morgan fingerprint density at radius 2 is 1.85 bits per heavy atom. The first-order valence-electron chi connectivity index (χ1n) is 11.1. The minimum Gasteiger partial charge on any atom is -0.396 e. The molecule has 0 bridgehead atoms. The van der Waals surface area contributed by atoms with Crippen molar-refractivity contribution >= 4 is 17.5 Å². The standard InChI is InChI=1S/C24H29N7O2/c1-16(2)20-14-27-31-22(20)29-23(28-19(15-33)10-12-32)30-24(31)26-13-17-6-8-18(9-7-17)21-5-3-4-11-25-21/h3-9,11,14,16,19,32-33H,10,12-13,15H2,1-2H3,(H2,26,28,29,30). The molecular formula is C24H29N7O2. The molecule has 172 valence electrons. The topological polar surface area (TPSA) is 120 Å². The number of fused-ring (bicyclic) bond motifs is 1. The third kappa shape index (κ3) is 5.27. The molecule has 0 fully saturated rings. The van der Waals surface area contributed by atoms with Crippen LogP contribution in [-0.4, -0.2) is 54.0 Å². The van der Waals surface area contributed by atoms with E-state index in [-0.39, 0.29) is 25.2 Å². The smallest absolute Gasteiger partial charge is 0.229 e. The van der Waals surface area contributed by atoms with Crippen molar-refractivity contribution in [3.8, 4) is 11.3 Å². The molecule has 1 aromatic carbocycles. The Morgan fingerprint density at radius 3 is 2.52 bits per heavy atom. The van der Waals surface area contributed by atoms with Crippen LogP contribution in [0.1, 0.15) is 37.3 Å². The molecule has 0 aliphatic carbocycles. The highest BCUT2D eigenvalue weighted by Gasteiger charge is 2.17. The summed E-state index contributed by atoms with van der Waals surface area (Å²) in [6, 6.07) is 13.7. The zero-order valence-electron chi connectivity index (χ0n) is 18.8. The highest BCUT2D eigenvalue weighted by Crippen LogP contribution is 2.23. The van der Waals surface area contributed by atoms with E-state index in [1.165, 1.54) is 0 Å². The van der Waals surface area contributed by atoms with E-state index < -0.39 is 0 Å². The van der Waals surface area contributed by atoms with Crippen LogP contribution in [0.2, 0.25) is 0 Å². The van der Waals surface area contributed by atoms with Gasteiger partial charge in [0.05, 0.1) is 24.5 Å². The van der Waals surface area contributed by atoms with Gasteiger partial charge < -0.3 is 20.8 Å². The first-order valence-corrected chi connectivity index (χ1v) is 11.1. The Morgan fingerprint density at radius 1 is 1.03 bits per heavy atom. The summed E-state index contributed by atoms with van der Waals surface area (Å²) in [6.45, 7) is 4.56. The van der Waals surface area contributed by atoms with E-state index in [2.05, 4.69) is 56.7 Å². The molecule has 4 rings (SSSR count). The quantitative estimate of drug-likeness (QED) is 0.293. The van der Waals surface area contributed by atoms with Gasteiger partial charge in [0.15, 0.2) is 5.65 Å². The van der Waals surface area contributed by atoms with E-state index >= 15 is 0 Å². The number of nitrogens with zero attached hydrogens (tertiary/aromatic N) is 5. The number of hydrogen-bond acceptors (Lipinski definition) is 8. The third-order valence-electron chi connectivity index (χ3n) is 5.41. The predicted molar refractivity (Wildman–Crippen MR) is 128 cm³/mol. The number of aromatic nitrogens is 5. The molecule has 0 saturated heterocycles. The first kappa shape index (κ1) is 22.6. The lowest BCUT2D eigenvalue weighted by Crippen LogP contribution is -2.26. The summed E-state index contributed by atoms with van der Waals surface area (Å²) in [5, 5.41) is 29.8. The molecule has 1 atom stereocenters. The van der Waals surface area contributed by atoms with Crippen molar-refractivity contribution in [2.24, 2.45) is 0 Å². The second-order valence-corrected chi connectivity index (χ2v) is 8.16. The maximum Gasteiger partial charge on any atom is 0.229 e. The zero-order chi connectivity index (χ0) is 23.2. The fraction of sp³-hybridized carbons (Fsp3) is 0.333. The Hall–Kier alpha value is -3.56. The number of aliphatic hydroxyl groups excluding tert-OH is 2. The van der Waals surface area contributed by atoms with Gasteiger partial charge in [0.1, 0.15) is 0 Å². The second kappa shape index (κ2) is 10.4. The molecule has 9 heteroatoms. The van der Waals surface area contributed by atoms with Crippen molar-refractivity contribution in [2.45, 2.75) is 38.8 Å². The molecule has 0 radical (unpaired) electrons. The maximum atomic E-state index is 9.59. The van der Waals surface area contributed by atoms with Crippen LogP contribution in [0.3, 0.4) is 0 Å². The molecule has 4 N–H and O–H groups in total. The molecule has 0 aliphatic rings. The number of aliphatic hydroxyl groups is 2. The van der Waals surface area contributed by atoms with Crippen LogP contribution in [-0.2, 0) is 6.54 Å².